The standard InChI is InChI=1S/C20H35NO3/c1-2-3-4-5-6-9-12-17-15-16-19(22)18(17)13-10-7-8-11-14-20(23)21-24/h9,12,17-18,24H,2-8,10-11,13-16H2,1H3,(H,21,23)/t17-,18+/m0/s1. The van der Waals surface area contributed by atoms with Crippen molar-refractivity contribution in [3.05, 3.63) is 12.2 Å². The fourth-order valence-electron chi connectivity index (χ4n) is 3.56. The van der Waals surface area contributed by atoms with Crippen molar-refractivity contribution >= 4 is 11.7 Å². The molecule has 0 aromatic carbocycles. The molecule has 0 aromatic rings. The first-order valence-electron chi connectivity index (χ1n) is 9.81. The Balaban J connectivity index is 2.17. The molecule has 138 valence electrons. The van der Waals surface area contributed by atoms with E-state index in [-0.39, 0.29) is 11.8 Å². The molecule has 1 aliphatic rings. The van der Waals surface area contributed by atoms with Crippen LogP contribution in [0.5, 0.6) is 0 Å². The Kier molecular flexibility index (Phi) is 11.5. The Labute approximate surface area is 147 Å². The first-order chi connectivity index (χ1) is 11.7. The third-order valence-corrected chi connectivity index (χ3v) is 5.06. The van der Waals surface area contributed by atoms with Crippen molar-refractivity contribution in [3.63, 3.8) is 0 Å². The van der Waals surface area contributed by atoms with Gasteiger partial charge < -0.3 is 0 Å². The van der Waals surface area contributed by atoms with Crippen LogP contribution in [0.4, 0.5) is 0 Å². The highest BCUT2D eigenvalue weighted by molar-refractivity contribution is 5.83. The van der Waals surface area contributed by atoms with Crippen LogP contribution in [0.2, 0.25) is 0 Å². The van der Waals surface area contributed by atoms with E-state index in [1.54, 1.807) is 5.48 Å². The number of carbonyl (C=O) groups excluding carboxylic acids is 2. The number of ketones is 1. The minimum Gasteiger partial charge on any atom is -0.299 e. The SMILES string of the molecule is CCCCCCC=C[C@H]1CCC(=O)[C@@H]1CCCCCCC(=O)NO. The number of carbonyl (C=O) groups is 2. The zero-order chi connectivity index (χ0) is 17.6. The van der Waals surface area contributed by atoms with Crippen molar-refractivity contribution in [1.82, 2.24) is 5.48 Å². The summed E-state index contributed by atoms with van der Waals surface area (Å²) in [6.07, 6.45) is 17.9. The van der Waals surface area contributed by atoms with Gasteiger partial charge in [-0.2, -0.15) is 0 Å². The summed E-state index contributed by atoms with van der Waals surface area (Å²) in [6, 6.07) is 0. The summed E-state index contributed by atoms with van der Waals surface area (Å²) < 4.78 is 0. The van der Waals surface area contributed by atoms with Gasteiger partial charge in [0.15, 0.2) is 0 Å². The Hall–Kier alpha value is -1.16. The fraction of sp³-hybridized carbons (Fsp3) is 0.800. The molecule has 0 bridgehead atoms. The van der Waals surface area contributed by atoms with Crippen LogP contribution in [0.25, 0.3) is 0 Å². The molecule has 0 spiro atoms. The number of Topliss-reactive ketones (excluding diaryl/α,β-unsaturated/α-hetero) is 1. The molecule has 0 aliphatic heterocycles. The Morgan fingerprint density at radius 3 is 2.67 bits per heavy atom. The Morgan fingerprint density at radius 1 is 1.17 bits per heavy atom. The van der Waals surface area contributed by atoms with E-state index >= 15 is 0 Å². The highest BCUT2D eigenvalue weighted by Gasteiger charge is 2.31. The molecule has 1 saturated carbocycles. The van der Waals surface area contributed by atoms with Gasteiger partial charge in [0.1, 0.15) is 5.78 Å². The van der Waals surface area contributed by atoms with Crippen molar-refractivity contribution in [2.24, 2.45) is 11.8 Å². The van der Waals surface area contributed by atoms with Crippen LogP contribution in [0.1, 0.15) is 90.4 Å². The fourth-order valence-corrected chi connectivity index (χ4v) is 3.56. The van der Waals surface area contributed by atoms with Crippen molar-refractivity contribution < 1.29 is 14.8 Å². The minimum atomic E-state index is -0.315. The summed E-state index contributed by atoms with van der Waals surface area (Å²) in [5, 5.41) is 8.43. The molecule has 0 radical (unpaired) electrons. The van der Waals surface area contributed by atoms with Crippen molar-refractivity contribution in [2.45, 2.75) is 90.4 Å². The molecule has 2 atom stereocenters. The zero-order valence-electron chi connectivity index (χ0n) is 15.3. The van der Waals surface area contributed by atoms with Gasteiger partial charge in [0, 0.05) is 18.8 Å². The number of hydrogen-bond donors (Lipinski definition) is 2. The van der Waals surface area contributed by atoms with E-state index in [1.165, 1.54) is 25.7 Å². The molecule has 0 unspecified atom stereocenters. The summed E-state index contributed by atoms with van der Waals surface area (Å²) in [4.78, 5) is 23.0. The highest BCUT2D eigenvalue weighted by Crippen LogP contribution is 2.34. The van der Waals surface area contributed by atoms with Gasteiger partial charge in [0.2, 0.25) is 5.91 Å². The lowest BCUT2D eigenvalue weighted by Crippen LogP contribution is -2.17. The molecule has 1 amide bonds. The van der Waals surface area contributed by atoms with Crippen molar-refractivity contribution in [2.75, 3.05) is 0 Å². The second-order valence-corrected chi connectivity index (χ2v) is 7.04. The van der Waals surface area contributed by atoms with Crippen LogP contribution in [0.3, 0.4) is 0 Å². The lowest BCUT2D eigenvalue weighted by molar-refractivity contribution is -0.129. The number of nitrogens with one attached hydrogen (secondary N) is 1. The molecule has 4 nitrogen and oxygen atoms in total. The lowest BCUT2D eigenvalue weighted by Gasteiger charge is -2.14. The van der Waals surface area contributed by atoms with Gasteiger partial charge >= 0.3 is 0 Å². The minimum absolute atomic E-state index is 0.220. The second-order valence-electron chi connectivity index (χ2n) is 7.04. The highest BCUT2D eigenvalue weighted by atomic mass is 16.5. The monoisotopic (exact) mass is 337 g/mol. The van der Waals surface area contributed by atoms with Crippen LogP contribution in [0.15, 0.2) is 12.2 Å². The smallest absolute Gasteiger partial charge is 0.243 e. The predicted molar refractivity (Wildman–Crippen MR) is 96.8 cm³/mol. The van der Waals surface area contributed by atoms with Gasteiger partial charge in [-0.3, -0.25) is 14.8 Å². The maximum atomic E-state index is 12.1. The van der Waals surface area contributed by atoms with Crippen LogP contribution >= 0.6 is 0 Å². The average Bonchev–Trinajstić information content (AvgIpc) is 2.94. The summed E-state index contributed by atoms with van der Waals surface area (Å²) >= 11 is 0. The topological polar surface area (TPSA) is 66.4 Å². The molecule has 0 heterocycles. The van der Waals surface area contributed by atoms with Gasteiger partial charge in [-0.1, -0.05) is 57.6 Å². The normalized spacial score (nSPS) is 20.8. The van der Waals surface area contributed by atoms with Gasteiger partial charge in [-0.25, -0.2) is 5.48 Å². The number of hydroxylamine groups is 1. The number of allylic oxidation sites excluding steroid dienone is 2. The quantitative estimate of drug-likeness (QED) is 0.216. The van der Waals surface area contributed by atoms with Crippen molar-refractivity contribution in [3.8, 4) is 0 Å². The van der Waals surface area contributed by atoms with E-state index in [0.717, 1.165) is 51.4 Å². The third-order valence-electron chi connectivity index (χ3n) is 5.06. The Bertz CT molecular complexity index is 392. The summed E-state index contributed by atoms with van der Waals surface area (Å²) in [6.45, 7) is 2.23. The first-order valence-corrected chi connectivity index (χ1v) is 9.81. The maximum Gasteiger partial charge on any atom is 0.243 e. The van der Waals surface area contributed by atoms with E-state index in [1.807, 2.05) is 0 Å². The largest absolute Gasteiger partial charge is 0.299 e. The van der Waals surface area contributed by atoms with Crippen LogP contribution in [-0.4, -0.2) is 16.9 Å². The van der Waals surface area contributed by atoms with Gasteiger partial charge in [-0.05, 0) is 38.0 Å². The summed E-state index contributed by atoms with van der Waals surface area (Å²) in [7, 11) is 0. The van der Waals surface area contributed by atoms with Gasteiger partial charge in [0.05, 0.1) is 0 Å². The predicted octanol–water partition coefficient (Wildman–Crippen LogP) is 4.95. The van der Waals surface area contributed by atoms with Gasteiger partial charge in [-0.15, -0.1) is 0 Å². The first kappa shape index (κ1) is 20.9. The van der Waals surface area contributed by atoms with Gasteiger partial charge in [0.25, 0.3) is 0 Å². The molecule has 1 fully saturated rings. The molecule has 0 aromatic heterocycles. The maximum absolute atomic E-state index is 12.1. The summed E-state index contributed by atoms with van der Waals surface area (Å²) in [5.74, 6) is 0.793. The lowest BCUT2D eigenvalue weighted by atomic mass is 9.89. The van der Waals surface area contributed by atoms with Crippen LogP contribution < -0.4 is 5.48 Å². The van der Waals surface area contributed by atoms with Crippen LogP contribution in [-0.2, 0) is 9.59 Å². The molecule has 1 aliphatic carbocycles. The molecule has 1 rings (SSSR count). The van der Waals surface area contributed by atoms with E-state index < -0.39 is 0 Å². The molecule has 2 N–H and O–H groups in total. The van der Waals surface area contributed by atoms with E-state index in [0.29, 0.717) is 18.1 Å². The third kappa shape index (κ3) is 8.62. The Morgan fingerprint density at radius 2 is 1.92 bits per heavy atom. The molecular formula is C20H35NO3. The summed E-state index contributed by atoms with van der Waals surface area (Å²) in [5.41, 5.74) is 1.66. The zero-order valence-corrected chi connectivity index (χ0v) is 15.3. The van der Waals surface area contributed by atoms with Crippen molar-refractivity contribution in [1.29, 1.82) is 0 Å². The van der Waals surface area contributed by atoms with E-state index in [4.69, 9.17) is 5.21 Å². The molecule has 0 saturated heterocycles. The average molecular weight is 338 g/mol. The number of unbranched alkanes of at least 4 members (excludes halogenated alkanes) is 7. The number of rotatable bonds is 13. The van der Waals surface area contributed by atoms with Crippen LogP contribution in [0, 0.1) is 11.8 Å². The number of amides is 1. The molecule has 24 heavy (non-hydrogen) atoms. The second kappa shape index (κ2) is 13.2. The molecule has 4 heteroatoms. The van der Waals surface area contributed by atoms with E-state index in [9.17, 15) is 9.59 Å². The van der Waals surface area contributed by atoms with E-state index in [2.05, 4.69) is 19.1 Å². The number of hydrogen-bond acceptors (Lipinski definition) is 3. The molecular weight excluding hydrogens is 302 g/mol.